The molecule has 2 amide bonds. The molecule has 2 rings (SSSR count). The zero-order valence-corrected chi connectivity index (χ0v) is 17.5. The number of nitrogens with zero attached hydrogens (tertiary/aromatic N) is 1. The van der Waals surface area contributed by atoms with Gasteiger partial charge in [0.2, 0.25) is 0 Å². The predicted octanol–water partition coefficient (Wildman–Crippen LogP) is 3.43. The second kappa shape index (κ2) is 10.0. The Kier molecular flexibility index (Phi) is 7.73. The molecule has 0 unspecified atom stereocenters. The number of anilines is 1. The largest absolute Gasteiger partial charge is 0.454 e. The smallest absolute Gasteiger partial charge is 0.325 e. The summed E-state index contributed by atoms with van der Waals surface area (Å²) in [6, 6.07) is 7.06. The van der Waals surface area contributed by atoms with Crippen LogP contribution in [0, 0.1) is 24.0 Å². The van der Waals surface area contributed by atoms with Crippen molar-refractivity contribution in [1.29, 1.82) is 0 Å². The summed E-state index contributed by atoms with van der Waals surface area (Å²) in [6.07, 6.45) is 0. The first-order valence-corrected chi connectivity index (χ1v) is 9.29. The molecule has 0 spiro atoms. The van der Waals surface area contributed by atoms with Crippen LogP contribution < -0.4 is 10.6 Å². The highest BCUT2D eigenvalue weighted by atomic mass is 35.5. The Morgan fingerprint density at radius 3 is 2.43 bits per heavy atom. The Labute approximate surface area is 181 Å². The van der Waals surface area contributed by atoms with Crippen molar-refractivity contribution in [3.63, 3.8) is 0 Å². The average Bonchev–Trinajstić information content (AvgIpc) is 2.69. The maximum atomic E-state index is 12.1. The number of hydrogen-bond acceptors (Lipinski definition) is 6. The van der Waals surface area contributed by atoms with Gasteiger partial charge in [-0.3, -0.25) is 24.5 Å². The van der Waals surface area contributed by atoms with Crippen LogP contribution in [0.5, 0.6) is 0 Å². The molecule has 0 bridgehead atoms. The van der Waals surface area contributed by atoms with Gasteiger partial charge in [-0.25, -0.2) is 0 Å². The highest BCUT2D eigenvalue weighted by Crippen LogP contribution is 2.30. The van der Waals surface area contributed by atoms with Crippen molar-refractivity contribution in [3.05, 3.63) is 67.2 Å². The fraction of sp³-hybridized carbons (Fsp3) is 0.211. The number of esters is 1. The molecule has 0 aromatic heterocycles. The van der Waals surface area contributed by atoms with Gasteiger partial charge in [0.25, 0.3) is 17.5 Å². The molecule has 0 heterocycles. The van der Waals surface area contributed by atoms with E-state index >= 15 is 0 Å². The Bertz CT molecular complexity index is 1030. The normalized spacial score (nSPS) is 10.3. The standard InChI is InChI=1S/C19H17Cl2N3O6/c1-10-3-6-15(24(28)29)18(11(10)2)23-16(25)9-30-17(26)8-22-19(27)12-4-5-13(20)14(21)7-12/h3-7H,8-9H2,1-2H3,(H,22,27)(H,23,25). The Morgan fingerprint density at radius 2 is 1.80 bits per heavy atom. The molecule has 0 aliphatic rings. The summed E-state index contributed by atoms with van der Waals surface area (Å²) in [7, 11) is 0. The monoisotopic (exact) mass is 453 g/mol. The van der Waals surface area contributed by atoms with Crippen molar-refractivity contribution in [2.75, 3.05) is 18.5 Å². The van der Waals surface area contributed by atoms with E-state index in [-0.39, 0.29) is 27.0 Å². The summed E-state index contributed by atoms with van der Waals surface area (Å²) >= 11 is 11.6. The van der Waals surface area contributed by atoms with E-state index in [4.69, 9.17) is 27.9 Å². The number of benzene rings is 2. The van der Waals surface area contributed by atoms with Gasteiger partial charge in [-0.05, 0) is 43.2 Å². The first-order valence-electron chi connectivity index (χ1n) is 8.53. The molecule has 2 aromatic carbocycles. The van der Waals surface area contributed by atoms with Crippen molar-refractivity contribution >= 4 is 52.4 Å². The molecule has 0 saturated heterocycles. The Morgan fingerprint density at radius 1 is 1.10 bits per heavy atom. The molecule has 0 fully saturated rings. The third kappa shape index (κ3) is 5.91. The van der Waals surface area contributed by atoms with Gasteiger partial charge in [0.15, 0.2) is 6.61 Å². The summed E-state index contributed by atoms with van der Waals surface area (Å²) < 4.78 is 4.79. The summed E-state index contributed by atoms with van der Waals surface area (Å²) in [6.45, 7) is 2.20. The fourth-order valence-corrected chi connectivity index (χ4v) is 2.67. The third-order valence-corrected chi connectivity index (χ3v) is 4.85. The topological polar surface area (TPSA) is 128 Å². The van der Waals surface area contributed by atoms with Crippen LogP contribution in [0.2, 0.25) is 10.0 Å². The van der Waals surface area contributed by atoms with Crippen LogP contribution in [-0.4, -0.2) is 35.9 Å². The minimum atomic E-state index is -0.867. The molecular formula is C19H17Cl2N3O6. The van der Waals surface area contributed by atoms with E-state index in [2.05, 4.69) is 10.6 Å². The van der Waals surface area contributed by atoms with E-state index in [1.54, 1.807) is 19.9 Å². The van der Waals surface area contributed by atoms with Crippen molar-refractivity contribution < 1.29 is 24.0 Å². The molecular weight excluding hydrogens is 437 g/mol. The zero-order chi connectivity index (χ0) is 22.4. The summed E-state index contributed by atoms with van der Waals surface area (Å²) in [4.78, 5) is 46.4. The molecule has 2 aromatic rings. The zero-order valence-electron chi connectivity index (χ0n) is 16.0. The summed E-state index contributed by atoms with van der Waals surface area (Å²) in [5, 5.41) is 16.3. The number of nitro groups is 1. The quantitative estimate of drug-likeness (QED) is 0.375. The predicted molar refractivity (Wildman–Crippen MR) is 111 cm³/mol. The van der Waals surface area contributed by atoms with E-state index < -0.39 is 35.9 Å². The number of ether oxygens (including phenoxy) is 1. The van der Waals surface area contributed by atoms with Crippen molar-refractivity contribution in [1.82, 2.24) is 5.32 Å². The molecule has 0 radical (unpaired) electrons. The number of nitrogens with one attached hydrogen (secondary N) is 2. The molecule has 0 atom stereocenters. The third-order valence-electron chi connectivity index (χ3n) is 4.11. The van der Waals surface area contributed by atoms with Crippen LogP contribution in [0.4, 0.5) is 11.4 Å². The van der Waals surface area contributed by atoms with Gasteiger partial charge in [-0.15, -0.1) is 0 Å². The SMILES string of the molecule is Cc1ccc([N+](=O)[O-])c(NC(=O)COC(=O)CNC(=O)c2ccc(Cl)c(Cl)c2)c1C. The van der Waals surface area contributed by atoms with Crippen LogP contribution in [0.25, 0.3) is 0 Å². The number of aryl methyl sites for hydroxylation is 1. The van der Waals surface area contributed by atoms with E-state index in [9.17, 15) is 24.5 Å². The van der Waals surface area contributed by atoms with Crippen LogP contribution in [0.15, 0.2) is 30.3 Å². The molecule has 11 heteroatoms. The van der Waals surface area contributed by atoms with Gasteiger partial charge in [0.05, 0.1) is 15.0 Å². The lowest BCUT2D eigenvalue weighted by atomic mass is 10.1. The minimum Gasteiger partial charge on any atom is -0.454 e. The lowest BCUT2D eigenvalue weighted by Crippen LogP contribution is -2.32. The van der Waals surface area contributed by atoms with Crippen LogP contribution >= 0.6 is 23.2 Å². The number of amides is 2. The molecule has 0 aliphatic carbocycles. The van der Waals surface area contributed by atoms with E-state index in [0.717, 1.165) is 5.56 Å². The van der Waals surface area contributed by atoms with Gasteiger partial charge in [-0.1, -0.05) is 29.3 Å². The molecule has 2 N–H and O–H groups in total. The number of rotatable bonds is 7. The number of carbonyl (C=O) groups excluding carboxylic acids is 3. The van der Waals surface area contributed by atoms with Crippen molar-refractivity contribution in [3.8, 4) is 0 Å². The van der Waals surface area contributed by atoms with Crippen LogP contribution in [0.3, 0.4) is 0 Å². The van der Waals surface area contributed by atoms with Gasteiger partial charge in [0.1, 0.15) is 12.2 Å². The Hall–Kier alpha value is -3.17. The number of nitro benzene ring substituents is 1. The highest BCUT2D eigenvalue weighted by Gasteiger charge is 2.20. The minimum absolute atomic E-state index is 0.0361. The highest BCUT2D eigenvalue weighted by molar-refractivity contribution is 6.42. The molecule has 158 valence electrons. The maximum Gasteiger partial charge on any atom is 0.325 e. The molecule has 9 nitrogen and oxygen atoms in total. The van der Waals surface area contributed by atoms with Gasteiger partial charge in [-0.2, -0.15) is 0 Å². The van der Waals surface area contributed by atoms with E-state index in [0.29, 0.717) is 5.56 Å². The van der Waals surface area contributed by atoms with Crippen molar-refractivity contribution in [2.24, 2.45) is 0 Å². The Balaban J connectivity index is 1.89. The lowest BCUT2D eigenvalue weighted by Gasteiger charge is -2.11. The van der Waals surface area contributed by atoms with Crippen LogP contribution in [-0.2, 0) is 14.3 Å². The van der Waals surface area contributed by atoms with E-state index in [1.165, 1.54) is 24.3 Å². The molecule has 0 saturated carbocycles. The maximum absolute atomic E-state index is 12.1. The van der Waals surface area contributed by atoms with Crippen LogP contribution in [0.1, 0.15) is 21.5 Å². The fourth-order valence-electron chi connectivity index (χ4n) is 2.38. The number of halogens is 2. The molecule has 30 heavy (non-hydrogen) atoms. The van der Waals surface area contributed by atoms with Gasteiger partial charge in [0, 0.05) is 11.6 Å². The number of hydrogen-bond donors (Lipinski definition) is 2. The van der Waals surface area contributed by atoms with Gasteiger partial charge >= 0.3 is 5.97 Å². The second-order valence-electron chi connectivity index (χ2n) is 6.18. The first kappa shape index (κ1) is 23.1. The second-order valence-corrected chi connectivity index (χ2v) is 6.99. The lowest BCUT2D eigenvalue weighted by molar-refractivity contribution is -0.384. The van der Waals surface area contributed by atoms with E-state index in [1.807, 2.05) is 0 Å². The van der Waals surface area contributed by atoms with Crippen molar-refractivity contribution in [2.45, 2.75) is 13.8 Å². The molecule has 0 aliphatic heterocycles. The average molecular weight is 454 g/mol. The van der Waals surface area contributed by atoms with Gasteiger partial charge < -0.3 is 15.4 Å². The first-order chi connectivity index (χ1) is 14.1. The summed E-state index contributed by atoms with van der Waals surface area (Å²) in [5.41, 5.74) is 1.23. The number of carbonyl (C=O) groups is 3. The summed E-state index contributed by atoms with van der Waals surface area (Å²) in [5.74, 6) is -2.20.